The monoisotopic (exact) mass is 284 g/mol. The minimum atomic E-state index is -0.231. The van der Waals surface area contributed by atoms with Gasteiger partial charge in [-0.2, -0.15) is 0 Å². The first kappa shape index (κ1) is 14.6. The van der Waals surface area contributed by atoms with Gasteiger partial charge in [0.25, 0.3) is 0 Å². The highest BCUT2D eigenvalue weighted by Gasteiger charge is 2.26. The van der Waals surface area contributed by atoms with E-state index >= 15 is 0 Å². The molecule has 0 spiro atoms. The molecule has 1 heterocycles. The van der Waals surface area contributed by atoms with E-state index in [4.69, 9.17) is 11.6 Å². The van der Waals surface area contributed by atoms with Crippen molar-refractivity contribution in [3.05, 3.63) is 29.0 Å². The Kier molecular flexibility index (Phi) is 4.69. The van der Waals surface area contributed by atoms with Gasteiger partial charge in [0.1, 0.15) is 5.82 Å². The first-order valence-electron chi connectivity index (χ1n) is 6.92. The molecule has 1 aliphatic rings. The van der Waals surface area contributed by atoms with Crippen LogP contribution >= 0.6 is 11.6 Å². The molecular weight excluding hydrogens is 263 g/mol. The van der Waals surface area contributed by atoms with E-state index in [-0.39, 0.29) is 5.82 Å². The molecule has 19 heavy (non-hydrogen) atoms. The molecule has 2 unspecified atom stereocenters. The fraction of sp³-hybridized carbons (Fsp3) is 0.600. The van der Waals surface area contributed by atoms with Gasteiger partial charge in [-0.05, 0) is 37.5 Å². The van der Waals surface area contributed by atoms with Crippen LogP contribution in [0.15, 0.2) is 18.2 Å². The normalized spacial score (nSPS) is 24.0. The molecule has 0 aliphatic carbocycles. The minimum Gasteiger partial charge on any atom is -0.365 e. The number of hydrogen-bond acceptors (Lipinski definition) is 2. The van der Waals surface area contributed by atoms with Gasteiger partial charge in [0, 0.05) is 25.2 Å². The number of nitrogens with one attached hydrogen (secondary N) is 1. The lowest BCUT2D eigenvalue weighted by atomic mass is 9.99. The van der Waals surface area contributed by atoms with E-state index in [1.165, 1.54) is 12.1 Å². The van der Waals surface area contributed by atoms with Gasteiger partial charge in [-0.25, -0.2) is 4.39 Å². The average molecular weight is 285 g/mol. The third-order valence-electron chi connectivity index (χ3n) is 3.62. The Hall–Kier alpha value is -0.800. The standard InChI is InChI=1S/C15H22ClFN2/c1-10(2)6-13-9-19(11(3)8-18-13)15-7-12(17)4-5-14(15)16/h4-5,7,10-11,13,18H,6,8-9H2,1-3H3. The molecule has 106 valence electrons. The maximum Gasteiger partial charge on any atom is 0.125 e. The number of halogens is 2. The Labute approximate surface area is 119 Å². The summed E-state index contributed by atoms with van der Waals surface area (Å²) < 4.78 is 13.4. The van der Waals surface area contributed by atoms with Gasteiger partial charge in [-0.1, -0.05) is 25.4 Å². The number of hydrogen-bond donors (Lipinski definition) is 1. The zero-order chi connectivity index (χ0) is 14.0. The van der Waals surface area contributed by atoms with Crippen LogP contribution in [0.3, 0.4) is 0 Å². The quantitative estimate of drug-likeness (QED) is 0.911. The van der Waals surface area contributed by atoms with Crippen LogP contribution in [0.25, 0.3) is 0 Å². The van der Waals surface area contributed by atoms with Gasteiger partial charge in [0.05, 0.1) is 10.7 Å². The first-order chi connectivity index (χ1) is 8.97. The van der Waals surface area contributed by atoms with Gasteiger partial charge in [0.15, 0.2) is 0 Å². The molecule has 1 aliphatic heterocycles. The number of nitrogens with zero attached hydrogens (tertiary/aromatic N) is 1. The summed E-state index contributed by atoms with van der Waals surface area (Å²) in [5.41, 5.74) is 0.810. The largest absolute Gasteiger partial charge is 0.365 e. The Morgan fingerprint density at radius 2 is 2.21 bits per heavy atom. The van der Waals surface area contributed by atoms with Crippen molar-refractivity contribution in [3.63, 3.8) is 0 Å². The summed E-state index contributed by atoms with van der Waals surface area (Å²) in [5.74, 6) is 0.418. The fourth-order valence-electron chi connectivity index (χ4n) is 2.70. The molecule has 2 rings (SSSR count). The van der Waals surface area contributed by atoms with Crippen molar-refractivity contribution < 1.29 is 4.39 Å². The van der Waals surface area contributed by atoms with Gasteiger partial charge in [0.2, 0.25) is 0 Å². The van der Waals surface area contributed by atoms with Crippen LogP contribution in [0.4, 0.5) is 10.1 Å². The highest BCUT2D eigenvalue weighted by Crippen LogP contribution is 2.30. The number of piperazine rings is 1. The fourth-order valence-corrected chi connectivity index (χ4v) is 2.92. The maximum atomic E-state index is 13.4. The smallest absolute Gasteiger partial charge is 0.125 e. The van der Waals surface area contributed by atoms with Crippen molar-refractivity contribution in [3.8, 4) is 0 Å². The SMILES string of the molecule is CC(C)CC1CN(c2cc(F)ccc2Cl)C(C)CN1. The summed E-state index contributed by atoms with van der Waals surface area (Å²) in [4.78, 5) is 2.22. The molecule has 0 amide bonds. The van der Waals surface area contributed by atoms with Crippen molar-refractivity contribution in [2.45, 2.75) is 39.3 Å². The van der Waals surface area contributed by atoms with Crippen LogP contribution in [-0.2, 0) is 0 Å². The Balaban J connectivity index is 2.18. The molecule has 1 saturated heterocycles. The zero-order valence-corrected chi connectivity index (χ0v) is 12.5. The van der Waals surface area contributed by atoms with Crippen molar-refractivity contribution in [2.24, 2.45) is 5.92 Å². The summed E-state index contributed by atoms with van der Waals surface area (Å²) in [6.07, 6.45) is 1.12. The second-order valence-electron chi connectivity index (χ2n) is 5.83. The third kappa shape index (κ3) is 3.61. The summed E-state index contributed by atoms with van der Waals surface area (Å²) in [5, 5.41) is 4.18. The molecule has 0 bridgehead atoms. The summed E-state index contributed by atoms with van der Waals surface area (Å²) in [7, 11) is 0. The molecule has 1 N–H and O–H groups in total. The molecule has 0 aromatic heterocycles. The molecule has 1 aromatic carbocycles. The number of anilines is 1. The molecule has 1 fully saturated rings. The van der Waals surface area contributed by atoms with Crippen LogP contribution in [-0.4, -0.2) is 25.2 Å². The van der Waals surface area contributed by atoms with E-state index in [0.29, 0.717) is 23.0 Å². The molecule has 4 heteroatoms. The molecular formula is C15H22ClFN2. The predicted molar refractivity (Wildman–Crippen MR) is 79.5 cm³/mol. The molecule has 2 nitrogen and oxygen atoms in total. The lowest BCUT2D eigenvalue weighted by molar-refractivity contribution is 0.355. The lowest BCUT2D eigenvalue weighted by Gasteiger charge is -2.41. The summed E-state index contributed by atoms with van der Waals surface area (Å²) in [6, 6.07) is 5.34. The second kappa shape index (κ2) is 6.10. The number of benzene rings is 1. The van der Waals surface area contributed by atoms with Gasteiger partial charge >= 0.3 is 0 Å². The molecule has 1 aromatic rings. The van der Waals surface area contributed by atoms with Gasteiger partial charge in [-0.3, -0.25) is 0 Å². The highest BCUT2D eigenvalue weighted by atomic mass is 35.5. The van der Waals surface area contributed by atoms with E-state index in [2.05, 4.69) is 31.0 Å². The zero-order valence-electron chi connectivity index (χ0n) is 11.8. The maximum absolute atomic E-state index is 13.4. The van der Waals surface area contributed by atoms with Crippen LogP contribution in [0, 0.1) is 11.7 Å². The van der Waals surface area contributed by atoms with Crippen molar-refractivity contribution >= 4 is 17.3 Å². The summed E-state index contributed by atoms with van der Waals surface area (Å²) >= 11 is 6.22. The topological polar surface area (TPSA) is 15.3 Å². The van der Waals surface area contributed by atoms with Crippen LogP contribution in [0.2, 0.25) is 5.02 Å². The Morgan fingerprint density at radius 3 is 2.89 bits per heavy atom. The van der Waals surface area contributed by atoms with E-state index in [1.807, 2.05) is 0 Å². The predicted octanol–water partition coefficient (Wildman–Crippen LogP) is 3.69. The Morgan fingerprint density at radius 1 is 1.47 bits per heavy atom. The lowest BCUT2D eigenvalue weighted by Crippen LogP contribution is -2.56. The second-order valence-corrected chi connectivity index (χ2v) is 6.24. The van der Waals surface area contributed by atoms with Crippen LogP contribution < -0.4 is 10.2 Å². The summed E-state index contributed by atoms with van der Waals surface area (Å²) in [6.45, 7) is 8.37. The van der Waals surface area contributed by atoms with E-state index in [0.717, 1.165) is 25.2 Å². The molecule has 2 atom stereocenters. The minimum absolute atomic E-state index is 0.231. The van der Waals surface area contributed by atoms with Gasteiger partial charge < -0.3 is 10.2 Å². The van der Waals surface area contributed by atoms with E-state index < -0.39 is 0 Å². The van der Waals surface area contributed by atoms with Crippen molar-refractivity contribution in [1.82, 2.24) is 5.32 Å². The first-order valence-corrected chi connectivity index (χ1v) is 7.30. The average Bonchev–Trinajstić information content (AvgIpc) is 2.34. The van der Waals surface area contributed by atoms with E-state index in [9.17, 15) is 4.39 Å². The van der Waals surface area contributed by atoms with E-state index in [1.54, 1.807) is 6.07 Å². The Bertz CT molecular complexity index is 436. The van der Waals surface area contributed by atoms with Crippen molar-refractivity contribution in [2.75, 3.05) is 18.0 Å². The van der Waals surface area contributed by atoms with Crippen LogP contribution in [0.5, 0.6) is 0 Å². The number of rotatable bonds is 3. The van der Waals surface area contributed by atoms with Gasteiger partial charge in [-0.15, -0.1) is 0 Å². The van der Waals surface area contributed by atoms with Crippen molar-refractivity contribution in [1.29, 1.82) is 0 Å². The molecule has 0 saturated carbocycles. The molecule has 0 radical (unpaired) electrons. The highest BCUT2D eigenvalue weighted by molar-refractivity contribution is 6.33. The third-order valence-corrected chi connectivity index (χ3v) is 3.94. The van der Waals surface area contributed by atoms with Crippen LogP contribution in [0.1, 0.15) is 27.2 Å².